The zero-order valence-corrected chi connectivity index (χ0v) is 24.4. The summed E-state index contributed by atoms with van der Waals surface area (Å²) in [6.45, 7) is 0. The molecule has 0 fully saturated rings. The van der Waals surface area contributed by atoms with Crippen LogP contribution >= 0.6 is 0 Å². The Morgan fingerprint density at radius 3 is 1.61 bits per heavy atom. The van der Waals surface area contributed by atoms with Crippen LogP contribution in [0, 0.1) is 0 Å². The first-order chi connectivity index (χ1) is 36.8. The molecule has 0 saturated carbocycles. The Bertz CT molecular complexity index is 4480. The Balaban J connectivity index is 1.49. The van der Waals surface area contributed by atoms with Gasteiger partial charge in [-0.3, -0.25) is 0 Å². The van der Waals surface area contributed by atoms with Crippen molar-refractivity contribution < 1.29 is 45.5 Å². The normalized spacial score (nSPS) is 20.2. The van der Waals surface area contributed by atoms with Crippen LogP contribution in [0.4, 0.5) is 0 Å². The third-order valence-corrected chi connectivity index (χ3v) is 7.94. The van der Waals surface area contributed by atoms with Crippen LogP contribution in [-0.2, 0) is 0 Å². The van der Waals surface area contributed by atoms with Crippen molar-refractivity contribution in [2.75, 3.05) is 0 Å². The van der Waals surface area contributed by atoms with E-state index < -0.39 is 280 Å². The molecule has 0 bridgehead atoms. The maximum atomic E-state index is 9.68. The first-order valence-corrected chi connectivity index (χ1v) is 14.4. The first kappa shape index (κ1) is 11.1. The van der Waals surface area contributed by atoms with Gasteiger partial charge in [-0.1, -0.05) is 169 Å². The highest BCUT2D eigenvalue weighted by Gasteiger charge is 2.21. The molecule has 0 atom stereocenters. The zero-order valence-electron chi connectivity index (χ0n) is 54.4. The number of hydrogen-bond acceptors (Lipinski definition) is 1. The Morgan fingerprint density at radius 2 is 0.857 bits per heavy atom. The van der Waals surface area contributed by atoms with Crippen LogP contribution in [-0.4, -0.2) is 0 Å². The average molecular weight is 653 g/mol. The topological polar surface area (TPSA) is 13.1 Å². The van der Waals surface area contributed by atoms with Crippen molar-refractivity contribution in [3.05, 3.63) is 181 Å². The van der Waals surface area contributed by atoms with Crippen molar-refractivity contribution in [1.82, 2.24) is 0 Å². The molecule has 9 aromatic carbocycles. The van der Waals surface area contributed by atoms with Crippen molar-refractivity contribution in [3.8, 4) is 44.5 Å². The molecule has 0 spiro atoms. The van der Waals surface area contributed by atoms with Gasteiger partial charge in [0.05, 0.1) is 41.1 Å². The lowest BCUT2D eigenvalue weighted by atomic mass is 9.83. The zero-order chi connectivity index (χ0) is 58.4. The summed E-state index contributed by atoms with van der Waals surface area (Å²) >= 11 is 0. The standard InChI is InChI=1S/C48H30O/c1-2-15-32(16-3-1)46-38-21-8-10-23-40(38)47(41-24-11-9-22-39(41)46)37-20-7-6-19-36(37)42-26-13-27-43-44-30-33(28-29-45(44)49-48(42)43)35-25-12-17-31-14-4-5-18-34(31)35/h1-30H/i1D,2D,3D,4D,5D,6D,7D,8D,9D,10D,11D,12D,13D,14D,15D,16D,17D,18D,19D,20D,21D,22D,23D,24D,25D,26D,27D,28D,29D,30D. The van der Waals surface area contributed by atoms with E-state index in [2.05, 4.69) is 0 Å². The molecule has 10 aromatic rings. The van der Waals surface area contributed by atoms with Crippen LogP contribution in [0.3, 0.4) is 0 Å². The Hall–Kier alpha value is -6.44. The number of fused-ring (bicyclic) bond motifs is 6. The molecule has 1 aromatic heterocycles. The van der Waals surface area contributed by atoms with Crippen LogP contribution in [0.5, 0.6) is 0 Å². The number of rotatable bonds is 4. The van der Waals surface area contributed by atoms with Gasteiger partial charge in [-0.05, 0) is 83.3 Å². The van der Waals surface area contributed by atoms with Crippen LogP contribution in [0.15, 0.2) is 186 Å². The fraction of sp³-hybridized carbons (Fsp3) is 0. The Morgan fingerprint density at radius 1 is 0.327 bits per heavy atom. The molecule has 0 aliphatic carbocycles. The summed E-state index contributed by atoms with van der Waals surface area (Å²) in [5.41, 5.74) is -8.02. The summed E-state index contributed by atoms with van der Waals surface area (Å²) in [6, 6.07) is -29.4. The largest absolute Gasteiger partial charge is 0.455 e. The molecule has 10 rings (SSSR count). The lowest BCUT2D eigenvalue weighted by molar-refractivity contribution is 0.670. The van der Waals surface area contributed by atoms with Crippen molar-refractivity contribution in [1.29, 1.82) is 0 Å². The van der Waals surface area contributed by atoms with Crippen molar-refractivity contribution in [3.63, 3.8) is 0 Å². The summed E-state index contributed by atoms with van der Waals surface area (Å²) in [6.07, 6.45) is 0. The second kappa shape index (κ2) is 11.1. The SMILES string of the molecule is [2H]c1c([2H])c([2H])c(-c2c3c([2H])c([2H])c([2H])c([2H])c3c(-c3c([2H])c([2H])c([2H])c([2H])c3-c3c([2H])c([2H])c([2H])c4c3oc3c([2H])c([2H])c(-c5c([2H])c([2H])c([2H])c6c([2H])c([2H])c([2H])c([2H])c56)c([2H])c34)c3c([2H])c([2H])c([2H])c([2H])c23)c([2H])c1[2H]. The minimum Gasteiger partial charge on any atom is -0.455 e. The van der Waals surface area contributed by atoms with Crippen molar-refractivity contribution >= 4 is 54.3 Å². The number of furan rings is 1. The third kappa shape index (κ3) is 4.33. The second-order valence-electron chi connectivity index (χ2n) is 10.5. The summed E-state index contributed by atoms with van der Waals surface area (Å²) < 4.78 is 277. The van der Waals surface area contributed by atoms with Gasteiger partial charge in [0.1, 0.15) is 11.2 Å². The van der Waals surface area contributed by atoms with Gasteiger partial charge in [0.25, 0.3) is 0 Å². The fourth-order valence-corrected chi connectivity index (χ4v) is 5.91. The molecule has 0 saturated heterocycles. The van der Waals surface area contributed by atoms with E-state index in [9.17, 15) is 16.4 Å². The van der Waals surface area contributed by atoms with E-state index in [1.807, 2.05) is 0 Å². The van der Waals surface area contributed by atoms with Crippen molar-refractivity contribution in [2.24, 2.45) is 0 Å². The molecule has 0 amide bonds. The van der Waals surface area contributed by atoms with E-state index in [1.165, 1.54) is 0 Å². The van der Waals surface area contributed by atoms with E-state index in [1.54, 1.807) is 0 Å². The highest BCUT2D eigenvalue weighted by molar-refractivity contribution is 6.23. The monoisotopic (exact) mass is 652 g/mol. The molecule has 0 aliphatic rings. The smallest absolute Gasteiger partial charge is 0.143 e. The van der Waals surface area contributed by atoms with Crippen LogP contribution in [0.25, 0.3) is 98.8 Å². The minimum absolute atomic E-state index is 0.581. The molecular weight excluding hydrogens is 593 g/mol. The molecule has 49 heavy (non-hydrogen) atoms. The molecule has 0 unspecified atom stereocenters. The number of benzene rings is 9. The van der Waals surface area contributed by atoms with E-state index in [0.717, 1.165) is 0 Å². The first-order valence-electron chi connectivity index (χ1n) is 29.4. The number of hydrogen-bond donors (Lipinski definition) is 0. The molecule has 0 aliphatic heterocycles. The van der Waals surface area contributed by atoms with Gasteiger partial charge in [-0.15, -0.1) is 0 Å². The van der Waals surface area contributed by atoms with Gasteiger partial charge in [-0.2, -0.15) is 0 Å². The van der Waals surface area contributed by atoms with Gasteiger partial charge >= 0.3 is 0 Å². The highest BCUT2D eigenvalue weighted by Crippen LogP contribution is 2.47. The summed E-state index contributed by atoms with van der Waals surface area (Å²) in [5, 5.41) is -5.63. The average Bonchev–Trinajstić information content (AvgIpc) is 4.03. The maximum Gasteiger partial charge on any atom is 0.143 e. The molecule has 0 radical (unpaired) electrons. The van der Waals surface area contributed by atoms with Gasteiger partial charge in [-0.25, -0.2) is 0 Å². The fourth-order valence-electron chi connectivity index (χ4n) is 5.91. The van der Waals surface area contributed by atoms with Gasteiger partial charge in [0.2, 0.25) is 0 Å². The molecule has 1 heterocycles. The van der Waals surface area contributed by atoms with Gasteiger partial charge < -0.3 is 4.42 Å². The lowest BCUT2D eigenvalue weighted by Crippen LogP contribution is -1.92. The number of para-hydroxylation sites is 1. The van der Waals surface area contributed by atoms with E-state index in [0.29, 0.717) is 0 Å². The third-order valence-electron chi connectivity index (χ3n) is 7.94. The quantitative estimate of drug-likeness (QED) is 0.172. The minimum atomic E-state index is -1.12. The van der Waals surface area contributed by atoms with Gasteiger partial charge in [0.15, 0.2) is 0 Å². The van der Waals surface area contributed by atoms with Gasteiger partial charge in [0, 0.05) is 16.3 Å². The second-order valence-corrected chi connectivity index (χ2v) is 10.5. The van der Waals surface area contributed by atoms with Crippen LogP contribution in [0.2, 0.25) is 0 Å². The predicted molar refractivity (Wildman–Crippen MR) is 208 cm³/mol. The van der Waals surface area contributed by atoms with E-state index in [4.69, 9.17) is 29.1 Å². The van der Waals surface area contributed by atoms with Crippen LogP contribution < -0.4 is 0 Å². The molecule has 0 N–H and O–H groups in total. The molecular formula is C48H30O. The van der Waals surface area contributed by atoms with E-state index in [-0.39, 0.29) is 0 Å². The van der Waals surface area contributed by atoms with Crippen LogP contribution in [0.1, 0.15) is 41.1 Å². The summed E-state index contributed by atoms with van der Waals surface area (Å²) in [4.78, 5) is 0. The Kier molecular flexibility index (Phi) is 2.50. The van der Waals surface area contributed by atoms with Crippen molar-refractivity contribution in [2.45, 2.75) is 0 Å². The summed E-state index contributed by atoms with van der Waals surface area (Å²) in [7, 11) is 0. The molecule has 228 valence electrons. The van der Waals surface area contributed by atoms with E-state index >= 15 is 0 Å². The Labute approximate surface area is 326 Å². The predicted octanol–water partition coefficient (Wildman–Crippen LogP) is 13.7. The highest BCUT2D eigenvalue weighted by atomic mass is 16.3. The lowest BCUT2D eigenvalue weighted by Gasteiger charge is -2.19. The summed E-state index contributed by atoms with van der Waals surface area (Å²) in [5.74, 6) is 0. The maximum absolute atomic E-state index is 9.68. The molecule has 1 nitrogen and oxygen atoms in total. The molecule has 1 heteroatoms.